The summed E-state index contributed by atoms with van der Waals surface area (Å²) in [4.78, 5) is 20.2. The molecule has 1 fully saturated rings. The minimum absolute atomic E-state index is 0.205. The number of nitrogens with zero attached hydrogens (tertiary/aromatic N) is 3. The van der Waals surface area contributed by atoms with E-state index in [2.05, 4.69) is 6.92 Å². The Bertz CT molecular complexity index is 1440. The lowest BCUT2D eigenvalue weighted by Crippen LogP contribution is -2.37. The molecule has 0 bridgehead atoms. The van der Waals surface area contributed by atoms with Crippen molar-refractivity contribution in [3.63, 3.8) is 0 Å². The first kappa shape index (κ1) is 23.7. The van der Waals surface area contributed by atoms with Gasteiger partial charge in [0.2, 0.25) is 10.0 Å². The molecule has 0 N–H and O–H groups in total. The SMILES string of the molecule is Cc1cccc2sc(N(Cc3ccco3)C(=O)c3ccc(S(=O)(=O)N4CCC(C)CC4)cc3)nc12. The highest BCUT2D eigenvalue weighted by Gasteiger charge is 2.29. The third-order valence-corrected chi connectivity index (χ3v) is 9.42. The largest absolute Gasteiger partial charge is 0.467 e. The van der Waals surface area contributed by atoms with Gasteiger partial charge in [-0.05, 0) is 73.7 Å². The van der Waals surface area contributed by atoms with Crippen molar-refractivity contribution in [2.45, 2.75) is 38.1 Å². The Balaban J connectivity index is 1.44. The molecular formula is C26H27N3O4S2. The van der Waals surface area contributed by atoms with Crippen LogP contribution in [0.4, 0.5) is 5.13 Å². The van der Waals surface area contributed by atoms with Crippen molar-refractivity contribution in [3.8, 4) is 0 Å². The van der Waals surface area contributed by atoms with E-state index < -0.39 is 10.0 Å². The fraction of sp³-hybridized carbons (Fsp3) is 0.308. The number of anilines is 1. The maximum absolute atomic E-state index is 13.6. The molecule has 1 aliphatic heterocycles. The maximum atomic E-state index is 13.6. The molecule has 0 saturated carbocycles. The predicted molar refractivity (Wildman–Crippen MR) is 137 cm³/mol. The molecule has 182 valence electrons. The van der Waals surface area contributed by atoms with Crippen LogP contribution in [-0.4, -0.2) is 36.7 Å². The molecule has 3 heterocycles. The highest BCUT2D eigenvalue weighted by molar-refractivity contribution is 7.89. The van der Waals surface area contributed by atoms with E-state index in [9.17, 15) is 13.2 Å². The number of amides is 1. The van der Waals surface area contributed by atoms with Gasteiger partial charge in [-0.3, -0.25) is 9.69 Å². The van der Waals surface area contributed by atoms with Crippen LogP contribution in [0.15, 0.2) is 70.2 Å². The minimum atomic E-state index is -3.58. The number of carbonyl (C=O) groups excluding carboxylic acids is 1. The first-order valence-electron chi connectivity index (χ1n) is 11.6. The van der Waals surface area contributed by atoms with Crippen molar-refractivity contribution in [2.24, 2.45) is 5.92 Å². The van der Waals surface area contributed by atoms with Crippen molar-refractivity contribution < 1.29 is 17.6 Å². The second-order valence-corrected chi connectivity index (χ2v) is 11.9. The number of aromatic nitrogens is 1. The summed E-state index contributed by atoms with van der Waals surface area (Å²) in [7, 11) is -3.58. The van der Waals surface area contributed by atoms with Gasteiger partial charge in [0.1, 0.15) is 5.76 Å². The summed E-state index contributed by atoms with van der Waals surface area (Å²) in [5, 5.41) is 0.565. The van der Waals surface area contributed by atoms with Crippen molar-refractivity contribution in [3.05, 3.63) is 77.7 Å². The highest BCUT2D eigenvalue weighted by atomic mass is 32.2. The zero-order valence-corrected chi connectivity index (χ0v) is 21.3. The third-order valence-electron chi connectivity index (χ3n) is 6.46. The van der Waals surface area contributed by atoms with E-state index in [-0.39, 0.29) is 17.3 Å². The third kappa shape index (κ3) is 4.76. The number of hydrogen-bond donors (Lipinski definition) is 0. The van der Waals surface area contributed by atoms with Crippen molar-refractivity contribution in [1.82, 2.24) is 9.29 Å². The molecule has 5 rings (SSSR count). The lowest BCUT2D eigenvalue weighted by Gasteiger charge is -2.29. The van der Waals surface area contributed by atoms with E-state index in [0.29, 0.717) is 35.5 Å². The van der Waals surface area contributed by atoms with E-state index in [1.165, 1.54) is 27.8 Å². The molecule has 1 amide bonds. The Kier molecular flexibility index (Phi) is 6.48. The molecule has 1 aliphatic rings. The van der Waals surface area contributed by atoms with Crippen LogP contribution in [0.25, 0.3) is 10.2 Å². The Morgan fingerprint density at radius 2 is 1.86 bits per heavy atom. The summed E-state index contributed by atoms with van der Waals surface area (Å²) in [6.45, 7) is 5.41. The number of hydrogen-bond acceptors (Lipinski definition) is 6. The van der Waals surface area contributed by atoms with Gasteiger partial charge in [0.05, 0.1) is 27.9 Å². The lowest BCUT2D eigenvalue weighted by atomic mass is 10.0. The Morgan fingerprint density at radius 3 is 2.51 bits per heavy atom. The average molecular weight is 510 g/mol. The monoisotopic (exact) mass is 509 g/mol. The van der Waals surface area contributed by atoms with Crippen LogP contribution in [0, 0.1) is 12.8 Å². The normalized spacial score (nSPS) is 15.5. The van der Waals surface area contributed by atoms with Crippen molar-refractivity contribution in [2.75, 3.05) is 18.0 Å². The van der Waals surface area contributed by atoms with Crippen LogP contribution in [0.5, 0.6) is 0 Å². The fourth-order valence-electron chi connectivity index (χ4n) is 4.27. The first-order chi connectivity index (χ1) is 16.8. The quantitative estimate of drug-likeness (QED) is 0.344. The summed E-state index contributed by atoms with van der Waals surface area (Å²) >= 11 is 1.44. The molecule has 0 atom stereocenters. The Labute approximate surface area is 209 Å². The molecule has 4 aromatic rings. The Hall–Kier alpha value is -3.01. The molecule has 2 aromatic heterocycles. The topological polar surface area (TPSA) is 83.7 Å². The van der Waals surface area contributed by atoms with Gasteiger partial charge in [-0.25, -0.2) is 13.4 Å². The predicted octanol–water partition coefficient (Wildman–Crippen LogP) is 5.47. The van der Waals surface area contributed by atoms with E-state index in [1.54, 1.807) is 29.4 Å². The summed E-state index contributed by atoms with van der Waals surface area (Å²) < 4.78 is 34.2. The molecule has 1 saturated heterocycles. The zero-order chi connectivity index (χ0) is 24.6. The van der Waals surface area contributed by atoms with E-state index >= 15 is 0 Å². The van der Waals surface area contributed by atoms with Crippen LogP contribution in [0.3, 0.4) is 0 Å². The van der Waals surface area contributed by atoms with Crippen LogP contribution < -0.4 is 4.90 Å². The van der Waals surface area contributed by atoms with Gasteiger partial charge in [0.25, 0.3) is 5.91 Å². The second-order valence-electron chi connectivity index (χ2n) is 9.00. The second kappa shape index (κ2) is 9.56. The standard InChI is InChI=1S/C26H27N3O4S2/c1-18-12-14-28(15-13-18)35(31,32)22-10-8-20(9-11-22)25(30)29(17-21-6-4-16-33-21)26-27-24-19(2)5-3-7-23(24)34-26/h3-11,16,18H,12-15,17H2,1-2H3. The van der Waals surface area contributed by atoms with Crippen LogP contribution in [0.2, 0.25) is 0 Å². The molecule has 0 unspecified atom stereocenters. The number of para-hydroxylation sites is 1. The van der Waals surface area contributed by atoms with Gasteiger partial charge in [-0.15, -0.1) is 0 Å². The summed E-state index contributed by atoms with van der Waals surface area (Å²) in [6, 6.07) is 15.7. The van der Waals surface area contributed by atoms with Gasteiger partial charge < -0.3 is 4.42 Å². The lowest BCUT2D eigenvalue weighted by molar-refractivity contribution is 0.0983. The smallest absolute Gasteiger partial charge is 0.260 e. The molecule has 7 nitrogen and oxygen atoms in total. The van der Waals surface area contributed by atoms with Gasteiger partial charge in [-0.2, -0.15) is 4.31 Å². The zero-order valence-electron chi connectivity index (χ0n) is 19.7. The fourth-order valence-corrected chi connectivity index (χ4v) is 6.79. The number of rotatable bonds is 6. The van der Waals surface area contributed by atoms with E-state index in [4.69, 9.17) is 9.40 Å². The number of carbonyl (C=O) groups is 1. The Morgan fingerprint density at radius 1 is 1.11 bits per heavy atom. The molecular weight excluding hydrogens is 482 g/mol. The number of piperidine rings is 1. The number of furan rings is 1. The molecule has 2 aromatic carbocycles. The number of sulfonamides is 1. The van der Waals surface area contributed by atoms with Gasteiger partial charge in [0.15, 0.2) is 5.13 Å². The number of thiazole rings is 1. The van der Waals surface area contributed by atoms with E-state index in [1.807, 2.05) is 31.2 Å². The number of aryl methyl sites for hydroxylation is 1. The molecule has 35 heavy (non-hydrogen) atoms. The first-order valence-corrected chi connectivity index (χ1v) is 13.9. The van der Waals surface area contributed by atoms with Crippen LogP contribution in [0.1, 0.15) is 41.4 Å². The molecule has 0 radical (unpaired) electrons. The molecule has 0 spiro atoms. The summed E-state index contributed by atoms with van der Waals surface area (Å²) in [5.41, 5.74) is 2.29. The van der Waals surface area contributed by atoms with Gasteiger partial charge >= 0.3 is 0 Å². The number of fused-ring (bicyclic) bond motifs is 1. The van der Waals surface area contributed by atoms with Gasteiger partial charge in [0, 0.05) is 18.7 Å². The van der Waals surface area contributed by atoms with Crippen molar-refractivity contribution >= 4 is 42.6 Å². The van der Waals surface area contributed by atoms with E-state index in [0.717, 1.165) is 28.6 Å². The molecule has 9 heteroatoms. The summed E-state index contributed by atoms with van der Waals surface area (Å²) in [6.07, 6.45) is 3.29. The average Bonchev–Trinajstić information content (AvgIpc) is 3.53. The maximum Gasteiger partial charge on any atom is 0.260 e. The van der Waals surface area contributed by atoms with Crippen LogP contribution in [-0.2, 0) is 16.6 Å². The molecule has 0 aliphatic carbocycles. The summed E-state index contributed by atoms with van der Waals surface area (Å²) in [5.74, 6) is 0.898. The highest BCUT2D eigenvalue weighted by Crippen LogP contribution is 2.32. The van der Waals surface area contributed by atoms with Gasteiger partial charge in [-0.1, -0.05) is 30.4 Å². The van der Waals surface area contributed by atoms with Crippen LogP contribution >= 0.6 is 11.3 Å². The van der Waals surface area contributed by atoms with Crippen molar-refractivity contribution in [1.29, 1.82) is 0 Å². The number of benzene rings is 2. The minimum Gasteiger partial charge on any atom is -0.467 e.